The molecule has 5 nitrogen and oxygen atoms in total. The van der Waals surface area contributed by atoms with E-state index in [-0.39, 0.29) is 17.3 Å². The molecule has 1 aromatic carbocycles. The minimum atomic E-state index is 0.0798. The number of aromatic nitrogens is 2. The van der Waals surface area contributed by atoms with E-state index in [2.05, 4.69) is 36.8 Å². The Bertz CT molecular complexity index is 755. The number of nitrogens with zero attached hydrogens (tertiary/aromatic N) is 3. The van der Waals surface area contributed by atoms with Crippen LogP contribution in [0.15, 0.2) is 0 Å². The second-order valence-corrected chi connectivity index (χ2v) is 5.30. The fraction of sp³-hybridized carbons (Fsp3) is 0.312. The van der Waals surface area contributed by atoms with Gasteiger partial charge < -0.3 is 11.5 Å². The molecule has 2 aromatic rings. The van der Waals surface area contributed by atoms with Gasteiger partial charge in [0.15, 0.2) is 0 Å². The molecule has 4 N–H and O–H groups in total. The van der Waals surface area contributed by atoms with Crippen molar-refractivity contribution in [3.63, 3.8) is 0 Å². The van der Waals surface area contributed by atoms with Crippen LogP contribution < -0.4 is 11.5 Å². The van der Waals surface area contributed by atoms with Crippen molar-refractivity contribution in [2.45, 2.75) is 34.6 Å². The first-order valence-corrected chi connectivity index (χ1v) is 6.70. The van der Waals surface area contributed by atoms with Crippen LogP contribution >= 0.6 is 0 Å². The van der Waals surface area contributed by atoms with Crippen molar-refractivity contribution in [2.75, 3.05) is 11.5 Å². The molecule has 0 spiro atoms. The van der Waals surface area contributed by atoms with E-state index in [9.17, 15) is 5.26 Å². The monoisotopic (exact) mass is 281 g/mol. The molecular formula is C16H19N5. The zero-order chi connectivity index (χ0) is 15.9. The first-order valence-electron chi connectivity index (χ1n) is 6.70. The molecule has 2 rings (SSSR count). The highest BCUT2D eigenvalue weighted by Crippen LogP contribution is 2.35. The molecule has 0 bridgehead atoms. The minimum Gasteiger partial charge on any atom is -0.382 e. The summed E-state index contributed by atoms with van der Waals surface area (Å²) in [5, 5.41) is 9.38. The first-order chi connectivity index (χ1) is 9.79. The Hall–Kier alpha value is -2.61. The number of benzene rings is 1. The van der Waals surface area contributed by atoms with Gasteiger partial charge >= 0.3 is 0 Å². The molecule has 0 unspecified atom stereocenters. The Balaban J connectivity index is 2.96. The summed E-state index contributed by atoms with van der Waals surface area (Å²) in [6.45, 7) is 10.3. The predicted molar refractivity (Wildman–Crippen MR) is 84.7 cm³/mol. The highest BCUT2D eigenvalue weighted by Gasteiger charge is 2.20. The summed E-state index contributed by atoms with van der Waals surface area (Å²) in [5.41, 5.74) is 19.1. The fourth-order valence-corrected chi connectivity index (χ4v) is 2.64. The summed E-state index contributed by atoms with van der Waals surface area (Å²) in [7, 11) is 0. The van der Waals surface area contributed by atoms with Crippen molar-refractivity contribution in [3.05, 3.63) is 33.4 Å². The molecule has 0 amide bonds. The Morgan fingerprint density at radius 1 is 0.810 bits per heavy atom. The normalized spacial score (nSPS) is 10.5. The van der Waals surface area contributed by atoms with Crippen LogP contribution in [-0.4, -0.2) is 9.97 Å². The number of nitriles is 1. The highest BCUT2D eigenvalue weighted by atomic mass is 15.0. The lowest BCUT2D eigenvalue weighted by molar-refractivity contribution is 1.14. The fourth-order valence-electron chi connectivity index (χ4n) is 2.64. The van der Waals surface area contributed by atoms with Gasteiger partial charge in [-0.2, -0.15) is 10.2 Å². The van der Waals surface area contributed by atoms with Crippen molar-refractivity contribution < 1.29 is 0 Å². The van der Waals surface area contributed by atoms with Crippen molar-refractivity contribution in [3.8, 4) is 17.3 Å². The van der Waals surface area contributed by atoms with Gasteiger partial charge in [0.2, 0.25) is 5.95 Å². The molecule has 1 aromatic heterocycles. The molecular weight excluding hydrogens is 262 g/mol. The van der Waals surface area contributed by atoms with Crippen molar-refractivity contribution in [1.82, 2.24) is 9.97 Å². The topological polar surface area (TPSA) is 102 Å². The Morgan fingerprint density at radius 2 is 1.29 bits per heavy atom. The lowest BCUT2D eigenvalue weighted by Gasteiger charge is -2.19. The van der Waals surface area contributed by atoms with E-state index in [4.69, 9.17) is 11.5 Å². The Morgan fingerprint density at radius 3 is 1.76 bits per heavy atom. The smallest absolute Gasteiger partial charge is 0.222 e. The number of nitrogen functional groups attached to an aromatic ring is 2. The van der Waals surface area contributed by atoms with Gasteiger partial charge in [-0.05, 0) is 62.4 Å². The zero-order valence-corrected chi connectivity index (χ0v) is 13.0. The largest absolute Gasteiger partial charge is 0.382 e. The van der Waals surface area contributed by atoms with Gasteiger partial charge in [-0.1, -0.05) is 0 Å². The van der Waals surface area contributed by atoms with E-state index in [1.807, 2.05) is 13.8 Å². The Labute approximate surface area is 124 Å². The van der Waals surface area contributed by atoms with E-state index in [1.54, 1.807) is 0 Å². The van der Waals surface area contributed by atoms with Crippen molar-refractivity contribution in [1.29, 1.82) is 5.26 Å². The highest BCUT2D eigenvalue weighted by molar-refractivity contribution is 5.79. The van der Waals surface area contributed by atoms with Crippen LogP contribution in [0, 0.1) is 45.9 Å². The molecule has 0 aliphatic heterocycles. The third-order valence-corrected chi connectivity index (χ3v) is 4.30. The first kappa shape index (κ1) is 14.8. The van der Waals surface area contributed by atoms with Crippen molar-refractivity contribution >= 4 is 11.8 Å². The maximum atomic E-state index is 9.38. The van der Waals surface area contributed by atoms with Gasteiger partial charge in [-0.25, -0.2) is 4.98 Å². The lowest BCUT2D eigenvalue weighted by Crippen LogP contribution is -2.08. The molecule has 0 fully saturated rings. The molecule has 108 valence electrons. The van der Waals surface area contributed by atoms with E-state index < -0.39 is 0 Å². The average Bonchev–Trinajstić information content (AvgIpc) is 2.43. The van der Waals surface area contributed by atoms with Crippen LogP contribution in [0.4, 0.5) is 11.8 Å². The van der Waals surface area contributed by atoms with E-state index in [0.29, 0.717) is 5.69 Å². The van der Waals surface area contributed by atoms with Gasteiger partial charge in [0, 0.05) is 5.56 Å². The average molecular weight is 281 g/mol. The predicted octanol–water partition coefficient (Wildman–Crippen LogP) is 2.72. The summed E-state index contributed by atoms with van der Waals surface area (Å²) in [5.74, 6) is 0.200. The van der Waals surface area contributed by atoms with Crippen LogP contribution in [0.25, 0.3) is 11.3 Å². The quantitative estimate of drug-likeness (QED) is 0.836. The summed E-state index contributed by atoms with van der Waals surface area (Å²) < 4.78 is 0. The van der Waals surface area contributed by atoms with E-state index in [1.165, 1.54) is 16.7 Å². The summed E-state index contributed by atoms with van der Waals surface area (Å²) >= 11 is 0. The molecule has 0 aliphatic rings. The zero-order valence-electron chi connectivity index (χ0n) is 13.0. The summed E-state index contributed by atoms with van der Waals surface area (Å²) in [4.78, 5) is 8.15. The maximum absolute atomic E-state index is 9.38. The minimum absolute atomic E-state index is 0.0798. The van der Waals surface area contributed by atoms with Gasteiger partial charge in [0.1, 0.15) is 17.5 Å². The summed E-state index contributed by atoms with van der Waals surface area (Å²) in [6, 6.07) is 2.09. The molecule has 5 heteroatoms. The van der Waals surface area contributed by atoms with Gasteiger partial charge in [-0.3, -0.25) is 0 Å². The molecule has 21 heavy (non-hydrogen) atoms. The number of anilines is 2. The van der Waals surface area contributed by atoms with Crippen LogP contribution in [0.3, 0.4) is 0 Å². The van der Waals surface area contributed by atoms with Gasteiger partial charge in [0.05, 0.1) is 5.69 Å². The second kappa shape index (κ2) is 5.06. The van der Waals surface area contributed by atoms with Crippen molar-refractivity contribution in [2.24, 2.45) is 0 Å². The number of nitrogens with two attached hydrogens (primary N) is 2. The SMILES string of the molecule is Cc1c(C)c(C)c(-c2nc(N)nc(N)c2C#N)c(C)c1C. The van der Waals surface area contributed by atoms with Crippen LogP contribution in [0.1, 0.15) is 33.4 Å². The maximum Gasteiger partial charge on any atom is 0.222 e. The molecule has 0 saturated carbocycles. The molecule has 0 saturated heterocycles. The standard InChI is InChI=1S/C16H19N5/c1-7-8(2)10(4)13(11(5)9(7)3)14-12(6-17)15(18)21-16(19)20-14/h1-5H3,(H4,18,19,20,21). The van der Waals surface area contributed by atoms with Crippen LogP contribution in [0.5, 0.6) is 0 Å². The van der Waals surface area contributed by atoms with Crippen LogP contribution in [-0.2, 0) is 0 Å². The summed E-state index contributed by atoms with van der Waals surface area (Å²) in [6.07, 6.45) is 0. The number of hydrogen-bond acceptors (Lipinski definition) is 5. The van der Waals surface area contributed by atoms with E-state index in [0.717, 1.165) is 16.7 Å². The van der Waals surface area contributed by atoms with Gasteiger partial charge in [-0.15, -0.1) is 0 Å². The molecule has 0 atom stereocenters. The lowest BCUT2D eigenvalue weighted by atomic mass is 9.87. The third-order valence-electron chi connectivity index (χ3n) is 4.30. The third kappa shape index (κ3) is 2.19. The van der Waals surface area contributed by atoms with Crippen LogP contribution in [0.2, 0.25) is 0 Å². The Kier molecular flexibility index (Phi) is 3.56. The molecule has 0 radical (unpaired) electrons. The molecule has 0 aliphatic carbocycles. The van der Waals surface area contributed by atoms with Gasteiger partial charge in [0.25, 0.3) is 0 Å². The number of hydrogen-bond donors (Lipinski definition) is 2. The second-order valence-electron chi connectivity index (χ2n) is 5.30. The molecule has 1 heterocycles. The van der Waals surface area contributed by atoms with E-state index >= 15 is 0 Å². The number of rotatable bonds is 1.